The lowest BCUT2D eigenvalue weighted by Gasteiger charge is -2.14. The summed E-state index contributed by atoms with van der Waals surface area (Å²) in [6, 6.07) is 5.13. The third-order valence-corrected chi connectivity index (χ3v) is 2.39. The monoisotopic (exact) mass is 224 g/mol. The van der Waals surface area contributed by atoms with Gasteiger partial charge in [0.25, 0.3) is 0 Å². The molecule has 16 heavy (non-hydrogen) atoms. The second kappa shape index (κ2) is 5.32. The minimum Gasteiger partial charge on any atom is -0.377 e. The van der Waals surface area contributed by atoms with Gasteiger partial charge in [0.2, 0.25) is 0 Å². The number of nitrogens with zero attached hydrogens (tertiary/aromatic N) is 1. The molecule has 0 amide bonds. The Bertz CT molecular complexity index is 381. The highest BCUT2D eigenvalue weighted by molar-refractivity contribution is 5.75. The van der Waals surface area contributed by atoms with Gasteiger partial charge in [-0.1, -0.05) is 13.0 Å². The predicted molar refractivity (Wildman–Crippen MR) is 64.3 cm³/mol. The molecule has 0 spiro atoms. The number of nitrogens with two attached hydrogens (primary N) is 1. The zero-order chi connectivity index (χ0) is 12.1. The Morgan fingerprint density at radius 3 is 2.62 bits per heavy atom. The van der Waals surface area contributed by atoms with Crippen molar-refractivity contribution in [3.63, 3.8) is 0 Å². The van der Waals surface area contributed by atoms with Gasteiger partial charge in [-0.2, -0.15) is 0 Å². The van der Waals surface area contributed by atoms with E-state index in [2.05, 4.69) is 10.7 Å². The smallest absolute Gasteiger partial charge is 0.316 e. The van der Waals surface area contributed by atoms with Gasteiger partial charge in [-0.3, -0.25) is 16.0 Å². The number of hydrazine groups is 1. The molecule has 4 N–H and O–H groups in total. The van der Waals surface area contributed by atoms with Crippen LogP contribution in [0.4, 0.5) is 17.1 Å². The highest BCUT2D eigenvalue weighted by Crippen LogP contribution is 2.32. The first kappa shape index (κ1) is 12.3. The summed E-state index contributed by atoms with van der Waals surface area (Å²) >= 11 is 0. The van der Waals surface area contributed by atoms with Gasteiger partial charge in [-0.15, -0.1) is 0 Å². The first-order valence-corrected chi connectivity index (χ1v) is 5.10. The summed E-state index contributed by atoms with van der Waals surface area (Å²) in [4.78, 5) is 10.5. The largest absolute Gasteiger partial charge is 0.377 e. The van der Waals surface area contributed by atoms with Gasteiger partial charge in [0.05, 0.1) is 4.92 Å². The standard InChI is InChI=1S/C10H16N4O2/c1-3-7(2)12-8-5-4-6-9(13-11)10(8)14(15)16/h4-7,12-13H,3,11H2,1-2H3. The van der Waals surface area contributed by atoms with Crippen molar-refractivity contribution in [3.05, 3.63) is 28.3 Å². The van der Waals surface area contributed by atoms with Crippen LogP contribution in [0.5, 0.6) is 0 Å². The molecule has 0 bridgehead atoms. The summed E-state index contributed by atoms with van der Waals surface area (Å²) in [7, 11) is 0. The minimum atomic E-state index is -0.445. The normalized spacial score (nSPS) is 11.9. The van der Waals surface area contributed by atoms with Crippen molar-refractivity contribution in [3.8, 4) is 0 Å². The zero-order valence-electron chi connectivity index (χ0n) is 9.36. The quantitative estimate of drug-likeness (QED) is 0.404. The van der Waals surface area contributed by atoms with Crippen molar-refractivity contribution in [1.82, 2.24) is 0 Å². The summed E-state index contributed by atoms with van der Waals surface area (Å²) < 4.78 is 0. The first-order chi connectivity index (χ1) is 7.60. The van der Waals surface area contributed by atoms with E-state index in [1.807, 2.05) is 13.8 Å². The Morgan fingerprint density at radius 1 is 1.50 bits per heavy atom. The van der Waals surface area contributed by atoms with Crippen LogP contribution in [0, 0.1) is 10.1 Å². The first-order valence-electron chi connectivity index (χ1n) is 5.10. The van der Waals surface area contributed by atoms with Crippen LogP contribution >= 0.6 is 0 Å². The lowest BCUT2D eigenvalue weighted by Crippen LogP contribution is -2.16. The van der Waals surface area contributed by atoms with E-state index < -0.39 is 4.92 Å². The number of para-hydroxylation sites is 1. The molecule has 1 aromatic carbocycles. The van der Waals surface area contributed by atoms with Crippen LogP contribution in [-0.2, 0) is 0 Å². The van der Waals surface area contributed by atoms with Crippen molar-refractivity contribution in [2.75, 3.05) is 10.7 Å². The number of hydrogen-bond donors (Lipinski definition) is 3. The highest BCUT2D eigenvalue weighted by Gasteiger charge is 2.19. The van der Waals surface area contributed by atoms with Crippen LogP contribution in [-0.4, -0.2) is 11.0 Å². The summed E-state index contributed by atoms with van der Waals surface area (Å²) in [6.45, 7) is 3.97. The van der Waals surface area contributed by atoms with Crippen LogP contribution in [0.25, 0.3) is 0 Å². The van der Waals surface area contributed by atoms with Crippen LogP contribution in [0.1, 0.15) is 20.3 Å². The Kier molecular flexibility index (Phi) is 4.07. The van der Waals surface area contributed by atoms with Crippen molar-refractivity contribution in [2.45, 2.75) is 26.3 Å². The number of anilines is 2. The molecule has 6 heteroatoms. The summed E-state index contributed by atoms with van der Waals surface area (Å²) in [6.07, 6.45) is 0.886. The SMILES string of the molecule is CCC(C)Nc1cccc(NN)c1[N+](=O)[O-]. The van der Waals surface area contributed by atoms with Crippen molar-refractivity contribution in [1.29, 1.82) is 0 Å². The molecule has 1 atom stereocenters. The topological polar surface area (TPSA) is 93.2 Å². The van der Waals surface area contributed by atoms with Gasteiger partial charge in [-0.25, -0.2) is 0 Å². The molecule has 0 heterocycles. The maximum absolute atomic E-state index is 10.9. The third-order valence-electron chi connectivity index (χ3n) is 2.39. The zero-order valence-corrected chi connectivity index (χ0v) is 9.36. The van der Waals surface area contributed by atoms with E-state index in [4.69, 9.17) is 5.84 Å². The highest BCUT2D eigenvalue weighted by atomic mass is 16.6. The third kappa shape index (κ3) is 2.60. The minimum absolute atomic E-state index is 0.0229. The average molecular weight is 224 g/mol. The fourth-order valence-corrected chi connectivity index (χ4v) is 1.34. The van der Waals surface area contributed by atoms with Crippen LogP contribution in [0.3, 0.4) is 0 Å². The molecule has 0 aromatic heterocycles. The number of benzene rings is 1. The van der Waals surface area contributed by atoms with E-state index in [1.165, 1.54) is 0 Å². The van der Waals surface area contributed by atoms with Crippen molar-refractivity contribution in [2.24, 2.45) is 5.84 Å². The molecule has 0 aliphatic heterocycles. The number of nitro benzene ring substituents is 1. The number of nitrogens with one attached hydrogen (secondary N) is 2. The lowest BCUT2D eigenvalue weighted by atomic mass is 10.2. The molecule has 88 valence electrons. The molecule has 1 unspecified atom stereocenters. The van der Waals surface area contributed by atoms with Gasteiger partial charge in [0, 0.05) is 6.04 Å². The van der Waals surface area contributed by atoms with E-state index in [0.717, 1.165) is 6.42 Å². The molecular weight excluding hydrogens is 208 g/mol. The molecule has 0 aliphatic carbocycles. The second-order valence-corrected chi connectivity index (χ2v) is 3.56. The van der Waals surface area contributed by atoms with Crippen LogP contribution < -0.4 is 16.6 Å². The summed E-state index contributed by atoms with van der Waals surface area (Å²) in [5, 5.41) is 14.0. The average Bonchev–Trinajstić information content (AvgIpc) is 2.28. The molecule has 0 saturated carbocycles. The number of nitro groups is 1. The molecule has 0 fully saturated rings. The molecular formula is C10H16N4O2. The maximum atomic E-state index is 10.9. The molecule has 0 radical (unpaired) electrons. The van der Waals surface area contributed by atoms with E-state index in [0.29, 0.717) is 11.4 Å². The van der Waals surface area contributed by atoms with E-state index in [9.17, 15) is 10.1 Å². The molecule has 1 aromatic rings. The van der Waals surface area contributed by atoms with Crippen LogP contribution in [0.2, 0.25) is 0 Å². The van der Waals surface area contributed by atoms with Gasteiger partial charge < -0.3 is 10.7 Å². The summed E-state index contributed by atoms with van der Waals surface area (Å²) in [5.74, 6) is 5.24. The molecule has 6 nitrogen and oxygen atoms in total. The predicted octanol–water partition coefficient (Wildman–Crippen LogP) is 2.09. The van der Waals surface area contributed by atoms with Crippen molar-refractivity contribution >= 4 is 17.1 Å². The second-order valence-electron chi connectivity index (χ2n) is 3.56. The van der Waals surface area contributed by atoms with Gasteiger partial charge >= 0.3 is 5.69 Å². The Hall–Kier alpha value is -1.82. The number of nitrogen functional groups attached to an aromatic ring is 1. The Morgan fingerprint density at radius 2 is 2.12 bits per heavy atom. The number of rotatable bonds is 5. The van der Waals surface area contributed by atoms with E-state index >= 15 is 0 Å². The molecule has 0 saturated heterocycles. The lowest BCUT2D eigenvalue weighted by molar-refractivity contribution is -0.383. The molecule has 1 rings (SSSR count). The van der Waals surface area contributed by atoms with Gasteiger partial charge in [0.15, 0.2) is 0 Å². The van der Waals surface area contributed by atoms with E-state index in [-0.39, 0.29) is 11.7 Å². The fourth-order valence-electron chi connectivity index (χ4n) is 1.34. The summed E-state index contributed by atoms with van der Waals surface area (Å²) in [5.41, 5.74) is 3.09. The van der Waals surface area contributed by atoms with E-state index in [1.54, 1.807) is 18.2 Å². The maximum Gasteiger partial charge on any atom is 0.316 e. The van der Waals surface area contributed by atoms with Crippen molar-refractivity contribution < 1.29 is 4.92 Å². The van der Waals surface area contributed by atoms with Crippen LogP contribution in [0.15, 0.2) is 18.2 Å². The number of hydrogen-bond acceptors (Lipinski definition) is 5. The molecule has 0 aliphatic rings. The fraction of sp³-hybridized carbons (Fsp3) is 0.400. The Balaban J connectivity index is 3.12. The van der Waals surface area contributed by atoms with Gasteiger partial charge in [-0.05, 0) is 25.5 Å². The van der Waals surface area contributed by atoms with Gasteiger partial charge in [0.1, 0.15) is 11.4 Å². The Labute approximate surface area is 94.0 Å².